The normalized spacial score (nSPS) is 18.8. The molecule has 0 aromatic heterocycles. The second-order valence-corrected chi connectivity index (χ2v) is 3.43. The van der Waals surface area contributed by atoms with Gasteiger partial charge in [-0.05, 0) is 18.1 Å². The van der Waals surface area contributed by atoms with Crippen LogP contribution in [0.15, 0.2) is 18.2 Å². The summed E-state index contributed by atoms with van der Waals surface area (Å²) in [4.78, 5) is 11.1. The average Bonchev–Trinajstić information content (AvgIpc) is 2.59. The number of carbonyl (C=O) groups is 1. The standard InChI is InChI=1S/C10H12N2O2/c11-10(14)8-3-1-2-6-4-7(5-13)12-9(6)8/h1-3,7,12-13H,4-5H2,(H2,11,14)/t7-/m0/s1. The van der Waals surface area contributed by atoms with Crippen LogP contribution in [0.3, 0.4) is 0 Å². The Bertz CT molecular complexity index is 376. The van der Waals surface area contributed by atoms with E-state index in [9.17, 15) is 4.79 Å². The molecule has 0 fully saturated rings. The van der Waals surface area contributed by atoms with Gasteiger partial charge in [0.15, 0.2) is 0 Å². The van der Waals surface area contributed by atoms with E-state index < -0.39 is 5.91 Å². The molecule has 1 amide bonds. The van der Waals surface area contributed by atoms with Crippen molar-refractivity contribution in [2.24, 2.45) is 5.73 Å². The Labute approximate surface area is 81.7 Å². The van der Waals surface area contributed by atoms with E-state index in [1.165, 1.54) is 0 Å². The molecule has 0 saturated heterocycles. The van der Waals surface area contributed by atoms with E-state index in [0.29, 0.717) is 5.56 Å². The number of primary amides is 1. The lowest BCUT2D eigenvalue weighted by molar-refractivity contribution is 0.100. The maximum atomic E-state index is 11.1. The molecule has 1 aliphatic heterocycles. The Kier molecular flexibility index (Phi) is 2.13. The van der Waals surface area contributed by atoms with Gasteiger partial charge in [-0.25, -0.2) is 0 Å². The zero-order valence-corrected chi connectivity index (χ0v) is 7.66. The number of nitrogens with two attached hydrogens (primary N) is 1. The van der Waals surface area contributed by atoms with Gasteiger partial charge in [-0.3, -0.25) is 4.79 Å². The van der Waals surface area contributed by atoms with Gasteiger partial charge in [0, 0.05) is 0 Å². The van der Waals surface area contributed by atoms with Crippen molar-refractivity contribution >= 4 is 11.6 Å². The first kappa shape index (κ1) is 9.02. The molecule has 1 atom stereocenters. The Balaban J connectivity index is 2.41. The quantitative estimate of drug-likeness (QED) is 0.622. The van der Waals surface area contributed by atoms with E-state index in [1.807, 2.05) is 6.07 Å². The predicted octanol–water partition coefficient (Wildman–Crippen LogP) is 0.114. The molecule has 0 aliphatic carbocycles. The third kappa shape index (κ3) is 1.33. The molecule has 0 unspecified atom stereocenters. The third-order valence-electron chi connectivity index (χ3n) is 2.45. The summed E-state index contributed by atoms with van der Waals surface area (Å²) in [5, 5.41) is 12.1. The SMILES string of the molecule is NC(=O)c1cccc2c1N[C@H](CO)C2. The molecule has 1 heterocycles. The number of amides is 1. The van der Waals surface area contributed by atoms with Crippen LogP contribution in [0.25, 0.3) is 0 Å². The summed E-state index contributed by atoms with van der Waals surface area (Å²) >= 11 is 0. The first-order valence-corrected chi connectivity index (χ1v) is 4.51. The zero-order valence-electron chi connectivity index (χ0n) is 7.66. The topological polar surface area (TPSA) is 75.4 Å². The number of benzene rings is 1. The number of aliphatic hydroxyl groups excluding tert-OH is 1. The molecule has 1 aromatic carbocycles. The Morgan fingerprint density at radius 1 is 1.64 bits per heavy atom. The van der Waals surface area contributed by atoms with Crippen LogP contribution in [0.1, 0.15) is 15.9 Å². The van der Waals surface area contributed by atoms with Gasteiger partial charge >= 0.3 is 0 Å². The summed E-state index contributed by atoms with van der Waals surface area (Å²) in [6.45, 7) is 0.0624. The van der Waals surface area contributed by atoms with Crippen molar-refractivity contribution in [2.45, 2.75) is 12.5 Å². The molecule has 1 aliphatic rings. The van der Waals surface area contributed by atoms with Crippen molar-refractivity contribution in [2.75, 3.05) is 11.9 Å². The van der Waals surface area contributed by atoms with Gasteiger partial charge < -0.3 is 16.2 Å². The van der Waals surface area contributed by atoms with Crippen LogP contribution in [0.5, 0.6) is 0 Å². The summed E-state index contributed by atoms with van der Waals surface area (Å²) in [6, 6.07) is 5.43. The summed E-state index contributed by atoms with van der Waals surface area (Å²) < 4.78 is 0. The van der Waals surface area contributed by atoms with Crippen LogP contribution in [-0.4, -0.2) is 23.7 Å². The van der Waals surface area contributed by atoms with Gasteiger partial charge in [0.25, 0.3) is 5.91 Å². The van der Waals surface area contributed by atoms with Gasteiger partial charge in [0.05, 0.1) is 23.9 Å². The molecule has 0 radical (unpaired) electrons. The Hall–Kier alpha value is -1.55. The number of para-hydroxylation sites is 1. The first-order valence-electron chi connectivity index (χ1n) is 4.51. The van der Waals surface area contributed by atoms with Gasteiger partial charge in [0.1, 0.15) is 0 Å². The van der Waals surface area contributed by atoms with E-state index in [1.54, 1.807) is 12.1 Å². The van der Waals surface area contributed by atoms with E-state index in [0.717, 1.165) is 17.7 Å². The van der Waals surface area contributed by atoms with Crippen LogP contribution >= 0.6 is 0 Å². The minimum absolute atomic E-state index is 0.00509. The van der Waals surface area contributed by atoms with Crippen LogP contribution in [0, 0.1) is 0 Å². The van der Waals surface area contributed by atoms with Gasteiger partial charge in [-0.2, -0.15) is 0 Å². The minimum atomic E-state index is -0.437. The predicted molar refractivity (Wildman–Crippen MR) is 53.2 cm³/mol. The molecule has 0 bridgehead atoms. The third-order valence-corrected chi connectivity index (χ3v) is 2.45. The number of hydrogen-bond donors (Lipinski definition) is 3. The molecular formula is C10H12N2O2. The van der Waals surface area contributed by atoms with E-state index >= 15 is 0 Å². The highest BCUT2D eigenvalue weighted by molar-refractivity contribution is 5.99. The fourth-order valence-electron chi connectivity index (χ4n) is 1.78. The van der Waals surface area contributed by atoms with Crippen LogP contribution in [0.2, 0.25) is 0 Å². The second kappa shape index (κ2) is 3.31. The molecule has 4 heteroatoms. The lowest BCUT2D eigenvalue weighted by Crippen LogP contribution is -2.21. The molecule has 0 saturated carbocycles. The highest BCUT2D eigenvalue weighted by Crippen LogP contribution is 2.28. The second-order valence-electron chi connectivity index (χ2n) is 3.43. The van der Waals surface area contributed by atoms with Crippen molar-refractivity contribution in [3.05, 3.63) is 29.3 Å². The number of aliphatic hydroxyl groups is 1. The maximum absolute atomic E-state index is 11.1. The zero-order chi connectivity index (χ0) is 10.1. The summed E-state index contributed by atoms with van der Waals surface area (Å²) in [6.07, 6.45) is 0.743. The van der Waals surface area contributed by atoms with Gasteiger partial charge in [-0.15, -0.1) is 0 Å². The Morgan fingerprint density at radius 2 is 2.43 bits per heavy atom. The molecule has 74 valence electrons. The lowest BCUT2D eigenvalue weighted by atomic mass is 10.1. The van der Waals surface area contributed by atoms with Crippen LogP contribution < -0.4 is 11.1 Å². The summed E-state index contributed by atoms with van der Waals surface area (Å²) in [7, 11) is 0. The van der Waals surface area contributed by atoms with Crippen molar-refractivity contribution in [1.82, 2.24) is 0 Å². The van der Waals surface area contributed by atoms with Crippen molar-refractivity contribution in [3.8, 4) is 0 Å². The number of nitrogens with one attached hydrogen (secondary N) is 1. The van der Waals surface area contributed by atoms with E-state index in [-0.39, 0.29) is 12.6 Å². The number of rotatable bonds is 2. The number of anilines is 1. The molecule has 2 rings (SSSR count). The summed E-state index contributed by atoms with van der Waals surface area (Å²) in [5.74, 6) is -0.437. The van der Waals surface area contributed by atoms with Gasteiger partial charge in [-0.1, -0.05) is 12.1 Å². The molecule has 4 N–H and O–H groups in total. The van der Waals surface area contributed by atoms with E-state index in [4.69, 9.17) is 10.8 Å². The van der Waals surface area contributed by atoms with E-state index in [2.05, 4.69) is 5.32 Å². The smallest absolute Gasteiger partial charge is 0.250 e. The van der Waals surface area contributed by atoms with Crippen molar-refractivity contribution in [1.29, 1.82) is 0 Å². The molecular weight excluding hydrogens is 180 g/mol. The minimum Gasteiger partial charge on any atom is -0.394 e. The average molecular weight is 192 g/mol. The van der Waals surface area contributed by atoms with Gasteiger partial charge in [0.2, 0.25) is 0 Å². The first-order chi connectivity index (χ1) is 6.72. The highest BCUT2D eigenvalue weighted by atomic mass is 16.3. The van der Waals surface area contributed by atoms with Crippen LogP contribution in [-0.2, 0) is 6.42 Å². The molecule has 14 heavy (non-hydrogen) atoms. The molecule has 4 nitrogen and oxygen atoms in total. The Morgan fingerprint density at radius 3 is 3.07 bits per heavy atom. The summed E-state index contributed by atoms with van der Waals surface area (Å²) in [5.41, 5.74) is 7.55. The monoisotopic (exact) mass is 192 g/mol. The fourth-order valence-corrected chi connectivity index (χ4v) is 1.78. The van der Waals surface area contributed by atoms with Crippen molar-refractivity contribution < 1.29 is 9.90 Å². The fraction of sp³-hybridized carbons (Fsp3) is 0.300. The maximum Gasteiger partial charge on any atom is 0.250 e. The number of hydrogen-bond acceptors (Lipinski definition) is 3. The molecule has 1 aromatic rings. The highest BCUT2D eigenvalue weighted by Gasteiger charge is 2.23. The lowest BCUT2D eigenvalue weighted by Gasteiger charge is -2.08. The van der Waals surface area contributed by atoms with Crippen LogP contribution in [0.4, 0.5) is 5.69 Å². The molecule has 0 spiro atoms. The number of carbonyl (C=O) groups excluding carboxylic acids is 1. The number of fused-ring (bicyclic) bond motifs is 1. The van der Waals surface area contributed by atoms with Crippen molar-refractivity contribution in [3.63, 3.8) is 0 Å². The largest absolute Gasteiger partial charge is 0.394 e.